The van der Waals surface area contributed by atoms with Crippen LogP contribution in [-0.2, 0) is 23.5 Å². The highest BCUT2D eigenvalue weighted by atomic mass is 79.9. The Morgan fingerprint density at radius 3 is 2.59 bits per heavy atom. The number of fused-ring (bicyclic) bond motifs is 1. The normalized spacial score (nSPS) is 13.6. The highest BCUT2D eigenvalue weighted by molar-refractivity contribution is 9.10. The van der Waals surface area contributed by atoms with E-state index in [4.69, 9.17) is 0 Å². The SMILES string of the molecule is CCCN(CCCC(CC)Cc1cc2c(=O)n(C)cc(Br)c2s1)S(C)(=O)=O. The summed E-state index contributed by atoms with van der Waals surface area (Å²) < 4.78 is 28.8. The first-order valence-electron chi connectivity index (χ1n) is 9.40. The summed E-state index contributed by atoms with van der Waals surface area (Å²) in [5.74, 6) is 0.490. The molecule has 0 aromatic carbocycles. The number of halogens is 1. The van der Waals surface area contributed by atoms with Gasteiger partial charge in [-0.15, -0.1) is 11.3 Å². The first-order chi connectivity index (χ1) is 12.7. The van der Waals surface area contributed by atoms with Gasteiger partial charge in [-0.2, -0.15) is 0 Å². The number of rotatable bonds is 10. The number of sulfonamides is 1. The van der Waals surface area contributed by atoms with Gasteiger partial charge in [0.15, 0.2) is 0 Å². The minimum atomic E-state index is -3.13. The Bertz CT molecular complexity index is 934. The molecule has 0 amide bonds. The van der Waals surface area contributed by atoms with Crippen LogP contribution >= 0.6 is 27.3 Å². The summed E-state index contributed by atoms with van der Waals surface area (Å²) >= 11 is 5.23. The molecule has 2 rings (SSSR count). The molecule has 0 bridgehead atoms. The second kappa shape index (κ2) is 9.67. The van der Waals surface area contributed by atoms with Crippen molar-refractivity contribution in [2.45, 2.75) is 46.0 Å². The highest BCUT2D eigenvalue weighted by Gasteiger charge is 2.17. The molecule has 27 heavy (non-hydrogen) atoms. The van der Waals surface area contributed by atoms with Gasteiger partial charge in [-0.1, -0.05) is 20.3 Å². The topological polar surface area (TPSA) is 59.4 Å². The summed E-state index contributed by atoms with van der Waals surface area (Å²) in [4.78, 5) is 13.6. The third-order valence-corrected chi connectivity index (χ3v) is 8.24. The molecule has 152 valence electrons. The van der Waals surface area contributed by atoms with E-state index in [1.807, 2.05) is 19.2 Å². The van der Waals surface area contributed by atoms with Gasteiger partial charge in [-0.3, -0.25) is 4.79 Å². The number of pyridine rings is 1. The van der Waals surface area contributed by atoms with Gasteiger partial charge >= 0.3 is 0 Å². The molecule has 0 spiro atoms. The predicted molar refractivity (Wildman–Crippen MR) is 118 cm³/mol. The van der Waals surface area contributed by atoms with Crippen molar-refractivity contribution in [3.63, 3.8) is 0 Å². The zero-order valence-electron chi connectivity index (χ0n) is 16.5. The van der Waals surface area contributed by atoms with E-state index in [2.05, 4.69) is 22.9 Å². The Hall–Kier alpha value is -0.700. The monoisotopic (exact) mass is 476 g/mol. The number of hydrogen-bond acceptors (Lipinski definition) is 4. The van der Waals surface area contributed by atoms with Crippen molar-refractivity contribution >= 4 is 47.4 Å². The fraction of sp³-hybridized carbons (Fsp3) is 0.632. The van der Waals surface area contributed by atoms with E-state index < -0.39 is 10.0 Å². The molecule has 2 heterocycles. The van der Waals surface area contributed by atoms with Crippen LogP contribution in [0.15, 0.2) is 21.5 Å². The molecule has 0 saturated carbocycles. The van der Waals surface area contributed by atoms with Gasteiger partial charge in [0.25, 0.3) is 5.56 Å². The van der Waals surface area contributed by atoms with Gasteiger partial charge < -0.3 is 4.57 Å². The molecule has 0 radical (unpaired) electrons. The molecule has 0 aliphatic heterocycles. The average molecular weight is 477 g/mol. The van der Waals surface area contributed by atoms with Crippen LogP contribution in [0.25, 0.3) is 10.1 Å². The Labute approximate surface area is 174 Å². The van der Waals surface area contributed by atoms with Crippen LogP contribution in [0.3, 0.4) is 0 Å². The van der Waals surface area contributed by atoms with Crippen LogP contribution in [0.5, 0.6) is 0 Å². The number of hydrogen-bond donors (Lipinski definition) is 0. The quantitative estimate of drug-likeness (QED) is 0.510. The van der Waals surface area contributed by atoms with Gasteiger partial charge in [0.1, 0.15) is 0 Å². The number of aromatic nitrogens is 1. The molecule has 0 aliphatic carbocycles. The molecule has 1 unspecified atom stereocenters. The molecule has 0 aliphatic rings. The van der Waals surface area contributed by atoms with Crippen molar-refractivity contribution in [2.75, 3.05) is 19.3 Å². The van der Waals surface area contributed by atoms with Gasteiger partial charge in [-0.05, 0) is 53.6 Å². The standard InChI is InChI=1S/C19H29BrN2O3S2/c1-5-9-22(27(4,24)25)10-7-8-14(6-2)11-15-12-16-18(26-15)17(20)13-21(3)19(16)23/h12-14H,5-11H2,1-4H3. The third-order valence-electron chi connectivity index (χ3n) is 4.89. The average Bonchev–Trinajstić information content (AvgIpc) is 3.01. The largest absolute Gasteiger partial charge is 0.317 e. The van der Waals surface area contributed by atoms with Crippen molar-refractivity contribution in [2.24, 2.45) is 13.0 Å². The Kier molecular flexibility index (Phi) is 8.09. The molecular weight excluding hydrogens is 448 g/mol. The van der Waals surface area contributed by atoms with Crippen molar-refractivity contribution in [3.8, 4) is 0 Å². The van der Waals surface area contributed by atoms with Crippen LogP contribution in [-0.4, -0.2) is 36.6 Å². The van der Waals surface area contributed by atoms with E-state index in [1.165, 1.54) is 11.1 Å². The summed E-state index contributed by atoms with van der Waals surface area (Å²) in [6.45, 7) is 5.34. The first kappa shape index (κ1) is 22.6. The third kappa shape index (κ3) is 5.89. The lowest BCUT2D eigenvalue weighted by molar-refractivity contribution is 0.372. The van der Waals surface area contributed by atoms with Crippen LogP contribution in [0.1, 0.15) is 44.4 Å². The zero-order valence-corrected chi connectivity index (χ0v) is 19.7. The van der Waals surface area contributed by atoms with Gasteiger partial charge in [0.2, 0.25) is 10.0 Å². The van der Waals surface area contributed by atoms with Gasteiger partial charge in [0, 0.05) is 31.2 Å². The minimum absolute atomic E-state index is 0.0344. The Morgan fingerprint density at radius 1 is 1.30 bits per heavy atom. The van der Waals surface area contributed by atoms with E-state index in [9.17, 15) is 13.2 Å². The van der Waals surface area contributed by atoms with E-state index in [-0.39, 0.29) is 5.56 Å². The van der Waals surface area contributed by atoms with E-state index >= 15 is 0 Å². The Balaban J connectivity index is 2.05. The molecule has 0 N–H and O–H groups in total. The van der Waals surface area contributed by atoms with Gasteiger partial charge in [-0.25, -0.2) is 12.7 Å². The highest BCUT2D eigenvalue weighted by Crippen LogP contribution is 2.32. The summed E-state index contributed by atoms with van der Waals surface area (Å²) in [6, 6.07) is 2.02. The second-order valence-electron chi connectivity index (χ2n) is 7.13. The summed E-state index contributed by atoms with van der Waals surface area (Å²) in [6.07, 6.45) is 7.75. The van der Waals surface area contributed by atoms with E-state index in [0.29, 0.717) is 19.0 Å². The number of nitrogens with zero attached hydrogens (tertiary/aromatic N) is 2. The molecular formula is C19H29BrN2O3S2. The van der Waals surface area contributed by atoms with E-state index in [1.54, 1.807) is 27.3 Å². The fourth-order valence-corrected chi connectivity index (χ4v) is 6.24. The first-order valence-corrected chi connectivity index (χ1v) is 12.9. The maximum Gasteiger partial charge on any atom is 0.259 e. The second-order valence-corrected chi connectivity index (χ2v) is 11.1. The smallest absolute Gasteiger partial charge is 0.259 e. The summed E-state index contributed by atoms with van der Waals surface area (Å²) in [7, 11) is -1.36. The number of aryl methyl sites for hydroxylation is 1. The molecule has 0 saturated heterocycles. The summed E-state index contributed by atoms with van der Waals surface area (Å²) in [5.41, 5.74) is 0.0344. The van der Waals surface area contributed by atoms with Crippen LogP contribution in [0.4, 0.5) is 0 Å². The molecule has 8 heteroatoms. The molecule has 1 atom stereocenters. The van der Waals surface area contributed by atoms with Crippen molar-refractivity contribution < 1.29 is 8.42 Å². The lowest BCUT2D eigenvalue weighted by Gasteiger charge is -2.20. The zero-order chi connectivity index (χ0) is 20.2. The fourth-order valence-electron chi connectivity index (χ4n) is 3.34. The number of thiophene rings is 1. The molecule has 2 aromatic rings. The van der Waals surface area contributed by atoms with Crippen LogP contribution in [0, 0.1) is 5.92 Å². The molecule has 0 fully saturated rings. The van der Waals surface area contributed by atoms with Crippen LogP contribution in [0.2, 0.25) is 0 Å². The van der Waals surface area contributed by atoms with Crippen molar-refractivity contribution in [1.29, 1.82) is 0 Å². The van der Waals surface area contributed by atoms with Crippen molar-refractivity contribution in [1.82, 2.24) is 8.87 Å². The van der Waals surface area contributed by atoms with Gasteiger partial charge in [0.05, 0.1) is 20.8 Å². The predicted octanol–water partition coefficient (Wildman–Crippen LogP) is 4.38. The molecule has 2 aromatic heterocycles. The van der Waals surface area contributed by atoms with Crippen LogP contribution < -0.4 is 5.56 Å². The maximum absolute atomic E-state index is 12.3. The Morgan fingerprint density at radius 2 is 2.00 bits per heavy atom. The maximum atomic E-state index is 12.3. The minimum Gasteiger partial charge on any atom is -0.317 e. The van der Waals surface area contributed by atoms with E-state index in [0.717, 1.165) is 46.7 Å². The summed E-state index contributed by atoms with van der Waals surface area (Å²) in [5, 5.41) is 0.771. The lowest BCUT2D eigenvalue weighted by Crippen LogP contribution is -2.32. The van der Waals surface area contributed by atoms with Crippen molar-refractivity contribution in [3.05, 3.63) is 32.0 Å². The lowest BCUT2D eigenvalue weighted by atomic mass is 9.96. The molecule has 5 nitrogen and oxygen atoms in total.